The molecule has 2 aromatic rings. The molecule has 0 saturated heterocycles. The maximum atomic E-state index is 5.80. The quantitative estimate of drug-likeness (QED) is 0.848. The van der Waals surface area contributed by atoms with Crippen LogP contribution in [0.1, 0.15) is 12.6 Å². The Morgan fingerprint density at radius 2 is 1.94 bits per heavy atom. The van der Waals surface area contributed by atoms with Gasteiger partial charge < -0.3 is 10.3 Å². The summed E-state index contributed by atoms with van der Waals surface area (Å²) >= 11 is 1.85. The van der Waals surface area contributed by atoms with E-state index in [-0.39, 0.29) is 0 Å². The van der Waals surface area contributed by atoms with E-state index >= 15 is 0 Å². The van der Waals surface area contributed by atoms with Crippen LogP contribution in [0, 0.1) is 6.92 Å². The molecule has 0 atom stereocenters. The van der Waals surface area contributed by atoms with E-state index in [0.29, 0.717) is 5.95 Å². The van der Waals surface area contributed by atoms with Crippen LogP contribution in [0.4, 0.5) is 5.95 Å². The van der Waals surface area contributed by atoms with Gasteiger partial charge in [0.1, 0.15) is 0 Å². The number of benzene rings is 1. The lowest BCUT2D eigenvalue weighted by atomic mass is 10.1. The molecule has 0 bridgehead atoms. The summed E-state index contributed by atoms with van der Waals surface area (Å²) in [6.45, 7) is 4.14. The molecule has 0 spiro atoms. The van der Waals surface area contributed by atoms with Crippen molar-refractivity contribution in [2.24, 2.45) is 7.05 Å². The minimum absolute atomic E-state index is 0.560. The molecule has 0 aliphatic rings. The Morgan fingerprint density at radius 1 is 1.29 bits per heavy atom. The molecule has 2 N–H and O–H groups in total. The first-order chi connectivity index (χ1) is 8.13. The summed E-state index contributed by atoms with van der Waals surface area (Å²) in [4.78, 5) is 5.58. The first kappa shape index (κ1) is 12.0. The van der Waals surface area contributed by atoms with Crippen LogP contribution < -0.4 is 5.73 Å². The van der Waals surface area contributed by atoms with Crippen molar-refractivity contribution >= 4 is 17.7 Å². The summed E-state index contributed by atoms with van der Waals surface area (Å²) in [6, 6.07) is 8.54. The van der Waals surface area contributed by atoms with E-state index in [0.717, 1.165) is 22.7 Å². The molecular weight excluding hydrogens is 230 g/mol. The van der Waals surface area contributed by atoms with Crippen molar-refractivity contribution < 1.29 is 0 Å². The van der Waals surface area contributed by atoms with Gasteiger partial charge in [0.15, 0.2) is 0 Å². The summed E-state index contributed by atoms with van der Waals surface area (Å²) in [6.07, 6.45) is 0. The molecule has 1 aromatic carbocycles. The van der Waals surface area contributed by atoms with Crippen molar-refractivity contribution in [1.29, 1.82) is 0 Å². The lowest BCUT2D eigenvalue weighted by Gasteiger charge is -2.06. The molecule has 0 amide bonds. The van der Waals surface area contributed by atoms with E-state index in [2.05, 4.69) is 36.2 Å². The standard InChI is InChI=1S/C13H17N3S/c1-4-17-11-7-5-10(6-8-11)12-9(2)15-13(14)16(12)3/h5-8H,4H2,1-3H3,(H2,14,15). The maximum absolute atomic E-state index is 5.80. The van der Waals surface area contributed by atoms with E-state index in [1.165, 1.54) is 4.90 Å². The predicted molar refractivity (Wildman–Crippen MR) is 74.2 cm³/mol. The van der Waals surface area contributed by atoms with Crippen molar-refractivity contribution in [3.63, 3.8) is 0 Å². The number of imidazole rings is 1. The largest absolute Gasteiger partial charge is 0.369 e. The van der Waals surface area contributed by atoms with E-state index in [9.17, 15) is 0 Å². The van der Waals surface area contributed by atoms with Crippen LogP contribution in [0.15, 0.2) is 29.2 Å². The van der Waals surface area contributed by atoms with E-state index in [4.69, 9.17) is 5.73 Å². The van der Waals surface area contributed by atoms with Crippen LogP contribution in [0.25, 0.3) is 11.3 Å². The first-order valence-corrected chi connectivity index (χ1v) is 6.64. The van der Waals surface area contributed by atoms with Crippen molar-refractivity contribution in [3.8, 4) is 11.3 Å². The third-order valence-corrected chi connectivity index (χ3v) is 3.64. The topological polar surface area (TPSA) is 43.8 Å². The van der Waals surface area contributed by atoms with Gasteiger partial charge in [0.2, 0.25) is 5.95 Å². The summed E-state index contributed by atoms with van der Waals surface area (Å²) < 4.78 is 1.93. The Hall–Kier alpha value is -1.42. The van der Waals surface area contributed by atoms with Crippen molar-refractivity contribution in [2.75, 3.05) is 11.5 Å². The third kappa shape index (κ3) is 2.31. The first-order valence-electron chi connectivity index (χ1n) is 5.65. The Balaban J connectivity index is 2.39. The van der Waals surface area contributed by atoms with Crippen molar-refractivity contribution in [1.82, 2.24) is 9.55 Å². The van der Waals surface area contributed by atoms with Crippen LogP contribution in [0.2, 0.25) is 0 Å². The zero-order chi connectivity index (χ0) is 12.4. The number of hydrogen-bond donors (Lipinski definition) is 1. The van der Waals surface area contributed by atoms with Crippen molar-refractivity contribution in [2.45, 2.75) is 18.7 Å². The van der Waals surface area contributed by atoms with Gasteiger partial charge in [-0.1, -0.05) is 19.1 Å². The molecule has 1 aromatic heterocycles. The molecule has 0 radical (unpaired) electrons. The van der Waals surface area contributed by atoms with E-state index in [1.807, 2.05) is 30.3 Å². The fraction of sp³-hybridized carbons (Fsp3) is 0.308. The Labute approximate surface area is 106 Å². The monoisotopic (exact) mass is 247 g/mol. The smallest absolute Gasteiger partial charge is 0.200 e. The fourth-order valence-electron chi connectivity index (χ4n) is 1.94. The molecule has 17 heavy (non-hydrogen) atoms. The van der Waals surface area contributed by atoms with Gasteiger partial charge in [0.05, 0.1) is 11.4 Å². The highest BCUT2D eigenvalue weighted by atomic mass is 32.2. The molecule has 0 aliphatic heterocycles. The zero-order valence-corrected chi connectivity index (χ0v) is 11.2. The Bertz CT molecular complexity index is 514. The number of nitrogens with two attached hydrogens (primary N) is 1. The van der Waals surface area contributed by atoms with Gasteiger partial charge in [-0.25, -0.2) is 4.98 Å². The number of aromatic nitrogens is 2. The minimum atomic E-state index is 0.560. The highest BCUT2D eigenvalue weighted by molar-refractivity contribution is 7.99. The summed E-state index contributed by atoms with van der Waals surface area (Å²) in [5.41, 5.74) is 9.03. The second-order valence-corrected chi connectivity index (χ2v) is 5.26. The predicted octanol–water partition coefficient (Wildman–Crippen LogP) is 3.09. The number of hydrogen-bond acceptors (Lipinski definition) is 3. The molecule has 4 heteroatoms. The maximum Gasteiger partial charge on any atom is 0.200 e. The summed E-state index contributed by atoms with van der Waals surface area (Å²) in [5.74, 6) is 1.65. The van der Waals surface area contributed by atoms with Crippen LogP contribution in [-0.4, -0.2) is 15.3 Å². The van der Waals surface area contributed by atoms with Crippen molar-refractivity contribution in [3.05, 3.63) is 30.0 Å². The molecule has 0 unspecified atom stereocenters. The van der Waals surface area contributed by atoms with Gasteiger partial charge in [0.25, 0.3) is 0 Å². The lowest BCUT2D eigenvalue weighted by molar-refractivity contribution is 0.937. The number of aryl methyl sites for hydroxylation is 1. The fourth-order valence-corrected chi connectivity index (χ4v) is 2.60. The number of nitrogens with zero attached hydrogens (tertiary/aromatic N) is 2. The van der Waals surface area contributed by atoms with Crippen LogP contribution >= 0.6 is 11.8 Å². The number of nitrogen functional groups attached to an aromatic ring is 1. The average Bonchev–Trinajstić information content (AvgIpc) is 2.55. The minimum Gasteiger partial charge on any atom is -0.369 e. The normalized spacial score (nSPS) is 10.8. The molecule has 1 heterocycles. The third-order valence-electron chi connectivity index (χ3n) is 2.74. The number of anilines is 1. The Kier molecular flexibility index (Phi) is 3.43. The van der Waals surface area contributed by atoms with E-state index < -0.39 is 0 Å². The molecular formula is C13H17N3S. The highest BCUT2D eigenvalue weighted by Crippen LogP contribution is 2.27. The summed E-state index contributed by atoms with van der Waals surface area (Å²) in [5, 5.41) is 0. The van der Waals surface area contributed by atoms with Gasteiger partial charge >= 0.3 is 0 Å². The average molecular weight is 247 g/mol. The zero-order valence-electron chi connectivity index (χ0n) is 10.4. The Morgan fingerprint density at radius 3 is 2.41 bits per heavy atom. The van der Waals surface area contributed by atoms with Gasteiger partial charge in [-0.05, 0) is 24.8 Å². The molecule has 0 saturated carbocycles. The van der Waals surface area contributed by atoms with Crippen LogP contribution in [0.3, 0.4) is 0 Å². The lowest BCUT2D eigenvalue weighted by Crippen LogP contribution is -1.98. The van der Waals surface area contributed by atoms with Gasteiger partial charge in [-0.15, -0.1) is 11.8 Å². The van der Waals surface area contributed by atoms with Gasteiger partial charge in [0, 0.05) is 17.5 Å². The second kappa shape index (κ2) is 4.84. The molecule has 3 nitrogen and oxygen atoms in total. The van der Waals surface area contributed by atoms with Crippen LogP contribution in [-0.2, 0) is 7.05 Å². The molecule has 90 valence electrons. The molecule has 0 aliphatic carbocycles. The van der Waals surface area contributed by atoms with Gasteiger partial charge in [-0.3, -0.25) is 0 Å². The van der Waals surface area contributed by atoms with Gasteiger partial charge in [-0.2, -0.15) is 0 Å². The molecule has 2 rings (SSSR count). The second-order valence-electron chi connectivity index (χ2n) is 3.92. The van der Waals surface area contributed by atoms with E-state index in [1.54, 1.807) is 0 Å². The summed E-state index contributed by atoms with van der Waals surface area (Å²) in [7, 11) is 1.94. The highest BCUT2D eigenvalue weighted by Gasteiger charge is 2.10. The SMILES string of the molecule is CCSc1ccc(-c2c(C)nc(N)n2C)cc1. The molecule has 0 fully saturated rings. The van der Waals surface area contributed by atoms with Crippen LogP contribution in [0.5, 0.6) is 0 Å². The number of thioether (sulfide) groups is 1. The number of rotatable bonds is 3.